The fraction of sp³-hybridized carbons (Fsp3) is 0.250. The number of aromatic hydroxyl groups is 1. The summed E-state index contributed by atoms with van der Waals surface area (Å²) in [5, 5.41) is 7.77. The van der Waals surface area contributed by atoms with E-state index in [2.05, 4.69) is 0 Å². The minimum Gasteiger partial charge on any atom is -0.508 e. The van der Waals surface area contributed by atoms with E-state index < -0.39 is 36.5 Å². The molecule has 1 aromatic rings. The molecule has 6 nitrogen and oxygen atoms in total. The summed E-state index contributed by atoms with van der Waals surface area (Å²) in [6, 6.07) is 2.77. The molecule has 0 radical (unpaired) electrons. The highest BCUT2D eigenvalue weighted by molar-refractivity contribution is 8.08. The number of halogens is 1. The SMILES string of the molecule is CS(=O)(=O)CS(=O)(=O)Nc1ccc(O)cc1F. The monoisotopic (exact) mass is 283 g/mol. The number of sulfone groups is 1. The second kappa shape index (κ2) is 4.49. The van der Waals surface area contributed by atoms with Crippen molar-refractivity contribution in [2.75, 3.05) is 16.1 Å². The Kier molecular flexibility index (Phi) is 3.62. The fourth-order valence-corrected chi connectivity index (χ4v) is 4.06. The third-order valence-electron chi connectivity index (χ3n) is 1.59. The van der Waals surface area contributed by atoms with Gasteiger partial charge in [0.25, 0.3) is 0 Å². The highest BCUT2D eigenvalue weighted by Crippen LogP contribution is 2.20. The molecule has 0 aliphatic rings. The van der Waals surface area contributed by atoms with E-state index in [1.54, 1.807) is 4.72 Å². The Hall–Kier alpha value is -1.35. The summed E-state index contributed by atoms with van der Waals surface area (Å²) in [5.41, 5.74) is -0.425. The number of anilines is 1. The summed E-state index contributed by atoms with van der Waals surface area (Å²) in [6.45, 7) is 0. The van der Waals surface area contributed by atoms with Gasteiger partial charge in [-0.25, -0.2) is 21.2 Å². The van der Waals surface area contributed by atoms with Crippen LogP contribution >= 0.6 is 0 Å². The lowest BCUT2D eigenvalue weighted by atomic mass is 10.3. The van der Waals surface area contributed by atoms with Gasteiger partial charge < -0.3 is 5.11 Å². The zero-order chi connectivity index (χ0) is 13.3. The maximum atomic E-state index is 13.2. The van der Waals surface area contributed by atoms with Gasteiger partial charge in [0, 0.05) is 12.3 Å². The lowest BCUT2D eigenvalue weighted by Gasteiger charge is -2.07. The molecule has 1 rings (SSSR count). The molecular formula is C8H10FNO5S2. The lowest BCUT2D eigenvalue weighted by Crippen LogP contribution is -2.22. The van der Waals surface area contributed by atoms with Crippen molar-refractivity contribution < 1.29 is 26.3 Å². The van der Waals surface area contributed by atoms with E-state index in [0.717, 1.165) is 18.4 Å². The Morgan fingerprint density at radius 3 is 2.35 bits per heavy atom. The van der Waals surface area contributed by atoms with Crippen molar-refractivity contribution in [2.24, 2.45) is 0 Å². The maximum absolute atomic E-state index is 13.2. The average Bonchev–Trinajstić information content (AvgIpc) is 2.05. The van der Waals surface area contributed by atoms with E-state index in [0.29, 0.717) is 6.07 Å². The van der Waals surface area contributed by atoms with Crippen molar-refractivity contribution in [3.8, 4) is 5.75 Å². The number of phenolic OH excluding ortho intramolecular Hbond substituents is 1. The number of hydrogen-bond acceptors (Lipinski definition) is 5. The molecule has 0 heterocycles. The minimum atomic E-state index is -4.19. The van der Waals surface area contributed by atoms with Crippen LogP contribution in [-0.4, -0.2) is 33.3 Å². The lowest BCUT2D eigenvalue weighted by molar-refractivity contribution is 0.469. The predicted molar refractivity (Wildman–Crippen MR) is 60.3 cm³/mol. The number of sulfonamides is 1. The normalized spacial score (nSPS) is 12.4. The Labute approximate surface area is 98.1 Å². The van der Waals surface area contributed by atoms with Gasteiger partial charge in [-0.3, -0.25) is 4.72 Å². The molecule has 0 aliphatic heterocycles. The number of hydrogen-bond donors (Lipinski definition) is 2. The summed E-state index contributed by atoms with van der Waals surface area (Å²) in [6.07, 6.45) is 0.749. The van der Waals surface area contributed by atoms with E-state index in [4.69, 9.17) is 5.11 Å². The van der Waals surface area contributed by atoms with Crippen LogP contribution in [0.4, 0.5) is 10.1 Å². The molecule has 0 aromatic heterocycles. The van der Waals surface area contributed by atoms with Crippen LogP contribution in [0.1, 0.15) is 0 Å². The number of phenols is 1. The summed E-state index contributed by atoms with van der Waals surface area (Å²) < 4.78 is 59.3. The first kappa shape index (κ1) is 13.7. The van der Waals surface area contributed by atoms with Crippen LogP contribution in [0.25, 0.3) is 0 Å². The van der Waals surface area contributed by atoms with Gasteiger partial charge in [-0.15, -0.1) is 0 Å². The average molecular weight is 283 g/mol. The number of benzene rings is 1. The molecule has 9 heteroatoms. The van der Waals surface area contributed by atoms with E-state index in [1.807, 2.05) is 0 Å². The van der Waals surface area contributed by atoms with Gasteiger partial charge in [-0.2, -0.15) is 0 Å². The smallest absolute Gasteiger partial charge is 0.247 e. The second-order valence-corrected chi connectivity index (χ2v) is 7.65. The van der Waals surface area contributed by atoms with Crippen LogP contribution in [0.5, 0.6) is 5.75 Å². The molecule has 0 unspecified atom stereocenters. The molecule has 1 aromatic carbocycles. The van der Waals surface area contributed by atoms with Crippen LogP contribution in [0.2, 0.25) is 0 Å². The van der Waals surface area contributed by atoms with Gasteiger partial charge in [-0.1, -0.05) is 0 Å². The molecule has 0 bridgehead atoms. The first-order chi connectivity index (χ1) is 7.59. The summed E-state index contributed by atoms with van der Waals surface area (Å²) in [4.78, 5) is 0. The van der Waals surface area contributed by atoms with Crippen molar-refractivity contribution in [3.05, 3.63) is 24.0 Å². The standard InChI is InChI=1S/C8H10FNO5S2/c1-16(12,13)5-17(14,15)10-8-3-2-6(11)4-7(8)9/h2-4,10-11H,5H2,1H3. The van der Waals surface area contributed by atoms with Crippen molar-refractivity contribution >= 4 is 25.5 Å². The van der Waals surface area contributed by atoms with E-state index in [-0.39, 0.29) is 5.75 Å². The van der Waals surface area contributed by atoms with Crippen LogP contribution in [0.15, 0.2) is 18.2 Å². The molecule has 0 fully saturated rings. The quantitative estimate of drug-likeness (QED) is 0.773. The molecule has 0 saturated heterocycles. The van der Waals surface area contributed by atoms with Gasteiger partial charge in [0.05, 0.1) is 5.69 Å². The van der Waals surface area contributed by atoms with Crippen LogP contribution in [0.3, 0.4) is 0 Å². The van der Waals surface area contributed by atoms with Crippen LogP contribution in [0, 0.1) is 5.82 Å². The largest absolute Gasteiger partial charge is 0.508 e. The Morgan fingerprint density at radius 2 is 1.88 bits per heavy atom. The zero-order valence-corrected chi connectivity index (χ0v) is 10.3. The fourth-order valence-electron chi connectivity index (χ4n) is 1.07. The molecule has 96 valence electrons. The molecule has 0 amide bonds. The molecule has 0 aliphatic carbocycles. The molecule has 0 saturated carbocycles. The van der Waals surface area contributed by atoms with Crippen molar-refractivity contribution in [1.29, 1.82) is 0 Å². The molecule has 0 spiro atoms. The molecular weight excluding hydrogens is 273 g/mol. The predicted octanol–water partition coefficient (Wildman–Crippen LogP) is 0.275. The highest BCUT2D eigenvalue weighted by Gasteiger charge is 2.19. The van der Waals surface area contributed by atoms with Gasteiger partial charge in [0.15, 0.2) is 20.7 Å². The Balaban J connectivity index is 2.99. The minimum absolute atomic E-state index is 0.367. The van der Waals surface area contributed by atoms with E-state index >= 15 is 0 Å². The van der Waals surface area contributed by atoms with Crippen molar-refractivity contribution in [2.45, 2.75) is 0 Å². The van der Waals surface area contributed by atoms with Crippen LogP contribution < -0.4 is 4.72 Å². The van der Waals surface area contributed by atoms with Crippen molar-refractivity contribution in [1.82, 2.24) is 0 Å². The highest BCUT2D eigenvalue weighted by atomic mass is 32.3. The van der Waals surface area contributed by atoms with Crippen molar-refractivity contribution in [3.63, 3.8) is 0 Å². The van der Waals surface area contributed by atoms with E-state index in [1.165, 1.54) is 0 Å². The maximum Gasteiger partial charge on any atom is 0.247 e. The Morgan fingerprint density at radius 1 is 1.29 bits per heavy atom. The van der Waals surface area contributed by atoms with Crippen LogP contribution in [-0.2, 0) is 19.9 Å². The Bertz CT molecular complexity index is 623. The van der Waals surface area contributed by atoms with Gasteiger partial charge in [0.1, 0.15) is 5.75 Å². The summed E-state index contributed by atoms with van der Waals surface area (Å²) in [7, 11) is -7.93. The third-order valence-corrected chi connectivity index (χ3v) is 5.07. The molecule has 2 N–H and O–H groups in total. The number of nitrogens with one attached hydrogen (secondary N) is 1. The zero-order valence-electron chi connectivity index (χ0n) is 8.71. The topological polar surface area (TPSA) is 101 Å². The summed E-state index contributed by atoms with van der Waals surface area (Å²) >= 11 is 0. The first-order valence-corrected chi connectivity index (χ1v) is 7.97. The van der Waals surface area contributed by atoms with Gasteiger partial charge in [0.2, 0.25) is 10.0 Å². The number of rotatable bonds is 4. The van der Waals surface area contributed by atoms with Gasteiger partial charge in [-0.05, 0) is 12.1 Å². The third kappa shape index (κ3) is 4.57. The molecule has 17 heavy (non-hydrogen) atoms. The van der Waals surface area contributed by atoms with E-state index in [9.17, 15) is 21.2 Å². The summed E-state index contributed by atoms with van der Waals surface area (Å²) in [5.74, 6) is -1.37. The van der Waals surface area contributed by atoms with Gasteiger partial charge >= 0.3 is 0 Å². The first-order valence-electron chi connectivity index (χ1n) is 4.26. The molecule has 0 atom stereocenters. The second-order valence-electron chi connectivity index (χ2n) is 3.42.